The van der Waals surface area contributed by atoms with Crippen LogP contribution in [0.3, 0.4) is 0 Å². The molecule has 0 aliphatic carbocycles. The molecular formula is C15H19NO2. The van der Waals surface area contributed by atoms with Gasteiger partial charge in [-0.25, -0.2) is 4.79 Å². The van der Waals surface area contributed by atoms with Gasteiger partial charge in [0.25, 0.3) is 0 Å². The summed E-state index contributed by atoms with van der Waals surface area (Å²) in [6, 6.07) is 9.30. The lowest BCUT2D eigenvalue weighted by Crippen LogP contribution is -2.32. The van der Waals surface area contributed by atoms with E-state index in [2.05, 4.69) is 4.90 Å². The van der Waals surface area contributed by atoms with Gasteiger partial charge in [0.15, 0.2) is 0 Å². The van der Waals surface area contributed by atoms with Gasteiger partial charge in [0.1, 0.15) is 6.10 Å². The second-order valence-electron chi connectivity index (χ2n) is 5.28. The predicted molar refractivity (Wildman–Crippen MR) is 69.4 cm³/mol. The number of benzene rings is 1. The number of fused-ring (bicyclic) bond motifs is 4. The Balaban J connectivity index is 1.67. The summed E-state index contributed by atoms with van der Waals surface area (Å²) in [5.74, 6) is 0.400. The molecule has 1 aromatic carbocycles. The first kappa shape index (κ1) is 11.7. The van der Waals surface area contributed by atoms with E-state index in [1.807, 2.05) is 30.3 Å². The summed E-state index contributed by atoms with van der Waals surface area (Å²) >= 11 is 0. The Morgan fingerprint density at radius 1 is 1.06 bits per heavy atom. The molecule has 0 N–H and O–H groups in total. The van der Waals surface area contributed by atoms with Crippen LogP contribution >= 0.6 is 0 Å². The van der Waals surface area contributed by atoms with Crippen molar-refractivity contribution in [1.29, 1.82) is 0 Å². The van der Waals surface area contributed by atoms with Crippen molar-refractivity contribution in [2.24, 2.45) is 5.92 Å². The minimum Gasteiger partial charge on any atom is -0.458 e. The van der Waals surface area contributed by atoms with Crippen LogP contribution in [0.5, 0.6) is 0 Å². The highest BCUT2D eigenvalue weighted by Crippen LogP contribution is 2.29. The summed E-state index contributed by atoms with van der Waals surface area (Å²) in [5.41, 5.74) is 0.664. The third-order valence-corrected chi connectivity index (χ3v) is 4.16. The van der Waals surface area contributed by atoms with Crippen LogP contribution in [-0.2, 0) is 4.74 Å². The minimum absolute atomic E-state index is 0.116. The number of piperidine rings is 1. The fourth-order valence-corrected chi connectivity index (χ4v) is 3.03. The molecule has 3 heteroatoms. The molecule has 3 fully saturated rings. The zero-order chi connectivity index (χ0) is 12.4. The fourth-order valence-electron chi connectivity index (χ4n) is 3.03. The molecule has 3 heterocycles. The molecule has 0 amide bonds. The van der Waals surface area contributed by atoms with Crippen LogP contribution in [0.1, 0.15) is 29.6 Å². The Hall–Kier alpha value is -1.35. The molecule has 96 valence electrons. The van der Waals surface area contributed by atoms with Crippen molar-refractivity contribution in [3.05, 3.63) is 35.9 Å². The van der Waals surface area contributed by atoms with Crippen LogP contribution in [0.15, 0.2) is 30.3 Å². The molecular weight excluding hydrogens is 226 g/mol. The van der Waals surface area contributed by atoms with Gasteiger partial charge in [-0.15, -0.1) is 0 Å². The molecule has 4 rings (SSSR count). The van der Waals surface area contributed by atoms with Crippen LogP contribution in [0.25, 0.3) is 0 Å². The second kappa shape index (κ2) is 5.11. The Labute approximate surface area is 108 Å². The maximum Gasteiger partial charge on any atom is 0.338 e. The van der Waals surface area contributed by atoms with E-state index in [1.54, 1.807) is 0 Å². The van der Waals surface area contributed by atoms with E-state index in [0.29, 0.717) is 11.5 Å². The van der Waals surface area contributed by atoms with Crippen molar-refractivity contribution in [3.63, 3.8) is 0 Å². The molecule has 0 spiro atoms. The van der Waals surface area contributed by atoms with Crippen molar-refractivity contribution in [1.82, 2.24) is 4.90 Å². The number of ether oxygens (including phenoxy) is 1. The second-order valence-corrected chi connectivity index (χ2v) is 5.28. The summed E-state index contributed by atoms with van der Waals surface area (Å²) in [4.78, 5) is 14.5. The van der Waals surface area contributed by atoms with Crippen molar-refractivity contribution in [3.8, 4) is 0 Å². The number of carbonyl (C=O) groups is 1. The van der Waals surface area contributed by atoms with Crippen molar-refractivity contribution in [2.75, 3.05) is 19.6 Å². The number of esters is 1. The first-order valence-electron chi connectivity index (χ1n) is 6.81. The van der Waals surface area contributed by atoms with Gasteiger partial charge in [0, 0.05) is 6.54 Å². The molecule has 1 unspecified atom stereocenters. The third-order valence-electron chi connectivity index (χ3n) is 4.16. The topological polar surface area (TPSA) is 29.5 Å². The molecule has 3 aliphatic heterocycles. The smallest absolute Gasteiger partial charge is 0.338 e. The summed E-state index contributed by atoms with van der Waals surface area (Å²) in [5, 5.41) is 0. The zero-order valence-corrected chi connectivity index (χ0v) is 10.5. The summed E-state index contributed by atoms with van der Waals surface area (Å²) in [6.07, 6.45) is 3.45. The highest BCUT2D eigenvalue weighted by molar-refractivity contribution is 5.89. The van der Waals surface area contributed by atoms with E-state index in [9.17, 15) is 4.79 Å². The lowest BCUT2D eigenvalue weighted by atomic mass is 9.92. The molecule has 2 bridgehead atoms. The number of hydrogen-bond acceptors (Lipinski definition) is 3. The van der Waals surface area contributed by atoms with E-state index in [4.69, 9.17) is 4.74 Å². The van der Waals surface area contributed by atoms with Gasteiger partial charge in [-0.2, -0.15) is 0 Å². The highest BCUT2D eigenvalue weighted by atomic mass is 16.5. The molecule has 3 saturated heterocycles. The van der Waals surface area contributed by atoms with Gasteiger partial charge in [-0.3, -0.25) is 0 Å². The molecule has 3 nitrogen and oxygen atoms in total. The lowest BCUT2D eigenvalue weighted by Gasteiger charge is -2.28. The van der Waals surface area contributed by atoms with E-state index in [1.165, 1.54) is 25.9 Å². The SMILES string of the molecule is O=C(OC1CCN2CCC1CC2)c1ccccc1. The summed E-state index contributed by atoms with van der Waals surface area (Å²) < 4.78 is 5.72. The Morgan fingerprint density at radius 2 is 1.72 bits per heavy atom. The average molecular weight is 245 g/mol. The third kappa shape index (κ3) is 2.41. The normalized spacial score (nSPS) is 30.8. The average Bonchev–Trinajstić information content (AvgIpc) is 2.74. The maximum absolute atomic E-state index is 12.1. The van der Waals surface area contributed by atoms with E-state index < -0.39 is 0 Å². The molecule has 1 aromatic rings. The van der Waals surface area contributed by atoms with Crippen LogP contribution in [0, 0.1) is 5.92 Å². The van der Waals surface area contributed by atoms with Gasteiger partial charge < -0.3 is 9.64 Å². The monoisotopic (exact) mass is 245 g/mol. The number of carbonyl (C=O) groups excluding carboxylic acids is 1. The standard InChI is InChI=1S/C15H19NO2/c17-15(13-4-2-1-3-5-13)18-14-8-11-16-9-6-12(14)7-10-16/h1-5,12,14H,6-11H2. The number of rotatable bonds is 2. The van der Waals surface area contributed by atoms with Gasteiger partial charge >= 0.3 is 5.97 Å². The lowest BCUT2D eigenvalue weighted by molar-refractivity contribution is 0.0121. The molecule has 0 saturated carbocycles. The molecule has 0 radical (unpaired) electrons. The predicted octanol–water partition coefficient (Wildman–Crippen LogP) is 2.33. The Bertz CT molecular complexity index is 410. The van der Waals surface area contributed by atoms with E-state index >= 15 is 0 Å². The number of hydrogen-bond donors (Lipinski definition) is 0. The van der Waals surface area contributed by atoms with Crippen LogP contribution in [0.2, 0.25) is 0 Å². The van der Waals surface area contributed by atoms with E-state index in [-0.39, 0.29) is 12.1 Å². The largest absolute Gasteiger partial charge is 0.458 e. The highest BCUT2D eigenvalue weighted by Gasteiger charge is 2.33. The zero-order valence-electron chi connectivity index (χ0n) is 10.5. The quantitative estimate of drug-likeness (QED) is 0.749. The Kier molecular flexibility index (Phi) is 3.33. The van der Waals surface area contributed by atoms with Gasteiger partial charge in [-0.1, -0.05) is 18.2 Å². The van der Waals surface area contributed by atoms with Gasteiger partial charge in [-0.05, 0) is 50.4 Å². The van der Waals surface area contributed by atoms with Crippen molar-refractivity contribution < 1.29 is 9.53 Å². The first-order chi connectivity index (χ1) is 8.83. The number of nitrogens with zero attached hydrogens (tertiary/aromatic N) is 1. The molecule has 3 aliphatic rings. The van der Waals surface area contributed by atoms with Crippen LogP contribution < -0.4 is 0 Å². The van der Waals surface area contributed by atoms with Crippen molar-refractivity contribution in [2.45, 2.75) is 25.4 Å². The van der Waals surface area contributed by atoms with Crippen molar-refractivity contribution >= 4 is 5.97 Å². The Morgan fingerprint density at radius 3 is 2.44 bits per heavy atom. The maximum atomic E-state index is 12.1. The summed E-state index contributed by atoms with van der Waals surface area (Å²) in [7, 11) is 0. The molecule has 18 heavy (non-hydrogen) atoms. The molecule has 0 aromatic heterocycles. The van der Waals surface area contributed by atoms with Gasteiger partial charge in [0.05, 0.1) is 5.56 Å². The fraction of sp³-hybridized carbons (Fsp3) is 0.533. The summed E-state index contributed by atoms with van der Waals surface area (Å²) in [6.45, 7) is 3.41. The molecule has 1 atom stereocenters. The van der Waals surface area contributed by atoms with Crippen LogP contribution in [0.4, 0.5) is 0 Å². The first-order valence-corrected chi connectivity index (χ1v) is 6.81. The van der Waals surface area contributed by atoms with E-state index in [0.717, 1.165) is 13.0 Å². The van der Waals surface area contributed by atoms with Gasteiger partial charge in [0.2, 0.25) is 0 Å². The van der Waals surface area contributed by atoms with Crippen LogP contribution in [-0.4, -0.2) is 36.6 Å². The minimum atomic E-state index is -0.166.